The third-order valence-corrected chi connectivity index (χ3v) is 12.2. The van der Waals surface area contributed by atoms with E-state index in [0.29, 0.717) is 16.9 Å². The van der Waals surface area contributed by atoms with Gasteiger partial charge in [0, 0.05) is 17.8 Å². The first-order valence-corrected chi connectivity index (χ1v) is 16.6. The second kappa shape index (κ2) is 9.45. The number of fused-ring (bicyclic) bond motifs is 1. The maximum Gasteiger partial charge on any atom is 0.264 e. The number of aromatic nitrogens is 1. The Balaban J connectivity index is 2.13. The maximum atomic E-state index is 13.5. The smallest absolute Gasteiger partial charge is 0.264 e. The third-order valence-electron chi connectivity index (χ3n) is 7.10. The van der Waals surface area contributed by atoms with Crippen LogP contribution < -0.4 is 10.3 Å². The van der Waals surface area contributed by atoms with Crippen LogP contribution in [0, 0.1) is 11.3 Å². The quantitative estimate of drug-likeness (QED) is 0.384. The molecule has 3 rings (SSSR count). The maximum absolute atomic E-state index is 13.5. The molecule has 0 N–H and O–H groups in total. The van der Waals surface area contributed by atoms with Gasteiger partial charge in [0.1, 0.15) is 17.5 Å². The zero-order chi connectivity index (χ0) is 27.3. The summed E-state index contributed by atoms with van der Waals surface area (Å²) in [6.45, 7) is 16.2. The summed E-state index contributed by atoms with van der Waals surface area (Å²) in [5, 5.41) is 9.47. The van der Waals surface area contributed by atoms with Gasteiger partial charge in [-0.15, -0.1) is 0 Å². The summed E-state index contributed by atoms with van der Waals surface area (Å²) in [4.78, 5) is 13.5. The highest BCUT2D eigenvalue weighted by Gasteiger charge is 2.48. The molecule has 8 nitrogen and oxygen atoms in total. The molecular formula is C26H36N2O6SSi. The largest absolute Gasteiger partial charge is 0.485 e. The van der Waals surface area contributed by atoms with Crippen LogP contribution in [0.25, 0.3) is 0 Å². The van der Waals surface area contributed by atoms with E-state index < -0.39 is 36.2 Å². The van der Waals surface area contributed by atoms with Crippen molar-refractivity contribution in [3.8, 4) is 11.8 Å². The van der Waals surface area contributed by atoms with E-state index in [0.717, 1.165) is 11.8 Å². The fourth-order valence-corrected chi connectivity index (χ4v) is 6.24. The molecule has 196 valence electrons. The predicted octanol–water partition coefficient (Wildman–Crippen LogP) is 4.91. The number of rotatable bonds is 6. The average molecular weight is 533 g/mol. The summed E-state index contributed by atoms with van der Waals surface area (Å²) >= 11 is 0. The lowest BCUT2D eigenvalue weighted by molar-refractivity contribution is -0.0463. The molecule has 0 aliphatic carbocycles. The van der Waals surface area contributed by atoms with Gasteiger partial charge in [-0.2, -0.15) is 13.7 Å². The SMILES string of the molecule is CC(O[Si](C)(C)C(C)(C)C)c1ccn([C@@H]2c3cc(C#N)ccc3OC(C)(C)[C@H]2OS(C)(=O)=O)c(=O)c1. The first-order chi connectivity index (χ1) is 16.4. The van der Waals surface area contributed by atoms with Crippen molar-refractivity contribution in [2.45, 2.75) is 83.5 Å². The van der Waals surface area contributed by atoms with Crippen molar-refractivity contribution in [1.82, 2.24) is 4.57 Å². The van der Waals surface area contributed by atoms with Crippen LogP contribution in [0.4, 0.5) is 0 Å². The number of nitriles is 1. The molecule has 0 spiro atoms. The van der Waals surface area contributed by atoms with Gasteiger partial charge in [-0.25, -0.2) is 0 Å². The van der Waals surface area contributed by atoms with E-state index in [1.807, 2.05) is 13.0 Å². The van der Waals surface area contributed by atoms with Gasteiger partial charge in [-0.05, 0) is 68.7 Å². The number of hydrogen-bond donors (Lipinski definition) is 0. The highest BCUT2D eigenvalue weighted by atomic mass is 32.2. The molecule has 36 heavy (non-hydrogen) atoms. The van der Waals surface area contributed by atoms with Gasteiger partial charge in [0.25, 0.3) is 15.7 Å². The summed E-state index contributed by atoms with van der Waals surface area (Å²) in [6, 6.07) is 9.47. The van der Waals surface area contributed by atoms with E-state index in [1.165, 1.54) is 10.6 Å². The Morgan fingerprint density at radius 2 is 1.83 bits per heavy atom. The van der Waals surface area contributed by atoms with Crippen LogP contribution in [0.3, 0.4) is 0 Å². The first kappa shape index (κ1) is 28.1. The molecule has 1 aromatic heterocycles. The molecule has 2 aromatic rings. The Hall–Kier alpha value is -2.45. The van der Waals surface area contributed by atoms with Crippen LogP contribution in [0.2, 0.25) is 18.1 Å². The van der Waals surface area contributed by atoms with E-state index in [4.69, 9.17) is 13.3 Å². The fraction of sp³-hybridized carbons (Fsp3) is 0.538. The topological polar surface area (TPSA) is 108 Å². The number of nitrogens with zero attached hydrogens (tertiary/aromatic N) is 2. The van der Waals surface area contributed by atoms with Crippen molar-refractivity contribution >= 4 is 18.4 Å². The molecule has 1 unspecified atom stereocenters. The lowest BCUT2D eigenvalue weighted by atomic mass is 9.85. The van der Waals surface area contributed by atoms with Crippen LogP contribution in [0.15, 0.2) is 41.3 Å². The minimum Gasteiger partial charge on any atom is -0.485 e. The number of ether oxygens (including phenoxy) is 1. The minimum atomic E-state index is -3.90. The molecular weight excluding hydrogens is 496 g/mol. The van der Waals surface area contributed by atoms with Crippen molar-refractivity contribution in [1.29, 1.82) is 5.26 Å². The Labute approximate surface area is 215 Å². The van der Waals surface area contributed by atoms with Crippen molar-refractivity contribution in [2.24, 2.45) is 0 Å². The first-order valence-electron chi connectivity index (χ1n) is 11.9. The van der Waals surface area contributed by atoms with E-state index in [2.05, 4.69) is 39.9 Å². The van der Waals surface area contributed by atoms with Crippen LogP contribution in [0.5, 0.6) is 5.75 Å². The van der Waals surface area contributed by atoms with E-state index in [1.54, 1.807) is 38.2 Å². The third kappa shape index (κ3) is 5.75. The predicted molar refractivity (Wildman–Crippen MR) is 141 cm³/mol. The molecule has 10 heteroatoms. The average Bonchev–Trinajstić information content (AvgIpc) is 2.72. The molecule has 2 heterocycles. The summed E-state index contributed by atoms with van der Waals surface area (Å²) in [5.74, 6) is 0.461. The Bertz CT molecular complexity index is 1350. The second-order valence-corrected chi connectivity index (χ2v) is 17.8. The Morgan fingerprint density at radius 3 is 2.36 bits per heavy atom. The summed E-state index contributed by atoms with van der Waals surface area (Å²) in [5.41, 5.74) is 0.171. The molecule has 0 saturated carbocycles. The van der Waals surface area contributed by atoms with Crippen molar-refractivity contribution in [3.63, 3.8) is 0 Å². The molecule has 1 aliphatic rings. The van der Waals surface area contributed by atoms with Crippen LogP contribution in [0.1, 0.15) is 70.4 Å². The summed E-state index contributed by atoms with van der Waals surface area (Å²) in [6.07, 6.45) is 1.25. The Kier molecular flexibility index (Phi) is 7.38. The van der Waals surface area contributed by atoms with Crippen LogP contribution in [-0.4, -0.2) is 39.3 Å². The minimum absolute atomic E-state index is 0.0162. The van der Waals surface area contributed by atoms with E-state index in [9.17, 15) is 18.5 Å². The lowest BCUT2D eigenvalue weighted by Gasteiger charge is -2.44. The lowest BCUT2D eigenvalue weighted by Crippen LogP contribution is -2.54. The van der Waals surface area contributed by atoms with Crippen molar-refractivity contribution in [3.05, 3.63) is 63.6 Å². The highest BCUT2D eigenvalue weighted by Crippen LogP contribution is 2.44. The molecule has 0 radical (unpaired) electrons. The fourth-order valence-electron chi connectivity index (χ4n) is 4.15. The van der Waals surface area contributed by atoms with Gasteiger partial charge in [-0.3, -0.25) is 8.98 Å². The second-order valence-electron chi connectivity index (χ2n) is 11.5. The molecule has 1 aliphatic heterocycles. The van der Waals surface area contributed by atoms with Gasteiger partial charge < -0.3 is 13.7 Å². The summed E-state index contributed by atoms with van der Waals surface area (Å²) in [7, 11) is -5.97. The zero-order valence-electron chi connectivity index (χ0n) is 22.4. The molecule has 0 saturated heterocycles. The standard InChI is InChI=1S/C26H36N2O6SSi/c1-17(34-36(8,9)25(2,3)4)19-12-13-28(22(29)15-19)23-20-14-18(16-27)10-11-21(20)32-26(5,6)24(23)33-35(7,30)31/h10-15,17,23-24H,1-9H3/t17?,23-,24+/m1/s1. The zero-order valence-corrected chi connectivity index (χ0v) is 24.3. The molecule has 0 amide bonds. The number of benzene rings is 1. The molecule has 0 bridgehead atoms. The van der Waals surface area contributed by atoms with Gasteiger partial charge in [0.2, 0.25) is 0 Å². The van der Waals surface area contributed by atoms with Crippen molar-refractivity contribution in [2.75, 3.05) is 6.26 Å². The van der Waals surface area contributed by atoms with E-state index in [-0.39, 0.29) is 16.7 Å². The van der Waals surface area contributed by atoms with Crippen LogP contribution in [-0.2, 0) is 18.7 Å². The van der Waals surface area contributed by atoms with Gasteiger partial charge in [-0.1, -0.05) is 20.8 Å². The monoisotopic (exact) mass is 532 g/mol. The van der Waals surface area contributed by atoms with Crippen molar-refractivity contribution < 1.29 is 21.8 Å². The Morgan fingerprint density at radius 1 is 1.19 bits per heavy atom. The van der Waals surface area contributed by atoms with E-state index >= 15 is 0 Å². The number of pyridine rings is 1. The molecule has 1 aromatic carbocycles. The summed E-state index contributed by atoms with van der Waals surface area (Å²) < 4.78 is 43.9. The van der Waals surface area contributed by atoms with Gasteiger partial charge >= 0.3 is 0 Å². The number of hydrogen-bond acceptors (Lipinski definition) is 7. The molecule has 0 fully saturated rings. The highest BCUT2D eigenvalue weighted by molar-refractivity contribution is 7.86. The normalized spacial score (nSPS) is 20.7. The van der Waals surface area contributed by atoms with Gasteiger partial charge in [0.15, 0.2) is 8.32 Å². The van der Waals surface area contributed by atoms with Crippen LogP contribution >= 0.6 is 0 Å². The van der Waals surface area contributed by atoms with Gasteiger partial charge in [0.05, 0.1) is 30.0 Å². The molecule has 3 atom stereocenters.